The number of methoxy groups -OCH3 is 1. The summed E-state index contributed by atoms with van der Waals surface area (Å²) in [6.07, 6.45) is 0.157. The number of aryl methyl sites for hydroxylation is 1. The number of halogens is 1. The van der Waals surface area contributed by atoms with Gasteiger partial charge in [0.15, 0.2) is 11.5 Å². The Hall–Kier alpha value is -1.21. The molecule has 0 aliphatic carbocycles. The molecule has 1 rings (SSSR count). The van der Waals surface area contributed by atoms with E-state index >= 15 is 0 Å². The molecule has 74 valence electrons. The van der Waals surface area contributed by atoms with Crippen molar-refractivity contribution in [2.24, 2.45) is 0 Å². The SMILES string of the molecule is COc1cc(C)c(Br)c(CC#N)c1O. The highest BCUT2D eigenvalue weighted by molar-refractivity contribution is 9.10. The number of aromatic hydroxyl groups is 1. The van der Waals surface area contributed by atoms with E-state index < -0.39 is 0 Å². The van der Waals surface area contributed by atoms with Crippen LogP contribution in [-0.2, 0) is 6.42 Å². The Kier molecular flexibility index (Phi) is 3.37. The van der Waals surface area contributed by atoms with Gasteiger partial charge in [0.25, 0.3) is 0 Å². The normalized spacial score (nSPS) is 9.57. The molecule has 1 aromatic carbocycles. The van der Waals surface area contributed by atoms with Gasteiger partial charge in [0, 0.05) is 10.0 Å². The standard InChI is InChI=1S/C10H10BrNO2/c1-6-5-8(14-2)10(13)7(3-4-12)9(6)11/h5,13H,3H2,1-2H3. The Balaban J connectivity index is 3.38. The largest absolute Gasteiger partial charge is 0.504 e. The molecular weight excluding hydrogens is 246 g/mol. The predicted octanol–water partition coefficient (Wildman–Crippen LogP) is 2.54. The minimum Gasteiger partial charge on any atom is -0.504 e. The lowest BCUT2D eigenvalue weighted by Gasteiger charge is -2.11. The topological polar surface area (TPSA) is 53.2 Å². The van der Waals surface area contributed by atoms with Crippen molar-refractivity contribution >= 4 is 15.9 Å². The molecule has 0 unspecified atom stereocenters. The molecule has 14 heavy (non-hydrogen) atoms. The van der Waals surface area contributed by atoms with Crippen molar-refractivity contribution in [2.75, 3.05) is 7.11 Å². The summed E-state index contributed by atoms with van der Waals surface area (Å²) >= 11 is 3.33. The minimum atomic E-state index is 0.0338. The lowest BCUT2D eigenvalue weighted by molar-refractivity contribution is 0.370. The third kappa shape index (κ3) is 1.83. The monoisotopic (exact) mass is 255 g/mol. The fourth-order valence-electron chi connectivity index (χ4n) is 1.22. The molecule has 0 aliphatic rings. The molecule has 0 bridgehead atoms. The van der Waals surface area contributed by atoms with Crippen LogP contribution in [0.2, 0.25) is 0 Å². The van der Waals surface area contributed by atoms with Crippen molar-refractivity contribution < 1.29 is 9.84 Å². The average molecular weight is 256 g/mol. The van der Waals surface area contributed by atoms with Crippen molar-refractivity contribution in [3.8, 4) is 17.6 Å². The van der Waals surface area contributed by atoms with Crippen molar-refractivity contribution in [1.82, 2.24) is 0 Å². The summed E-state index contributed by atoms with van der Waals surface area (Å²) in [4.78, 5) is 0. The summed E-state index contributed by atoms with van der Waals surface area (Å²) in [6, 6.07) is 3.72. The van der Waals surface area contributed by atoms with Gasteiger partial charge in [-0.25, -0.2) is 0 Å². The molecule has 4 heteroatoms. The molecule has 0 radical (unpaired) electrons. The molecule has 0 fully saturated rings. The van der Waals surface area contributed by atoms with E-state index in [0.29, 0.717) is 11.3 Å². The lowest BCUT2D eigenvalue weighted by atomic mass is 10.1. The number of nitriles is 1. The molecule has 0 atom stereocenters. The fraction of sp³-hybridized carbons (Fsp3) is 0.300. The number of phenols is 1. The quantitative estimate of drug-likeness (QED) is 0.884. The second kappa shape index (κ2) is 4.34. The van der Waals surface area contributed by atoms with Gasteiger partial charge in [-0.2, -0.15) is 5.26 Å². The smallest absolute Gasteiger partial charge is 0.163 e. The summed E-state index contributed by atoms with van der Waals surface area (Å²) in [5.74, 6) is 0.433. The van der Waals surface area contributed by atoms with E-state index in [-0.39, 0.29) is 12.2 Å². The predicted molar refractivity (Wildman–Crippen MR) is 56.4 cm³/mol. The number of hydrogen-bond donors (Lipinski definition) is 1. The van der Waals surface area contributed by atoms with Crippen LogP contribution in [0.4, 0.5) is 0 Å². The van der Waals surface area contributed by atoms with Gasteiger partial charge in [0.05, 0.1) is 19.6 Å². The summed E-state index contributed by atoms with van der Waals surface area (Å²) in [6.45, 7) is 1.88. The second-order valence-corrected chi connectivity index (χ2v) is 3.66. The first-order valence-electron chi connectivity index (χ1n) is 4.03. The van der Waals surface area contributed by atoms with E-state index in [2.05, 4.69) is 15.9 Å². The summed E-state index contributed by atoms with van der Waals surface area (Å²) in [5, 5.41) is 18.3. The van der Waals surface area contributed by atoms with Crippen LogP contribution in [-0.4, -0.2) is 12.2 Å². The van der Waals surface area contributed by atoms with Crippen LogP contribution in [0.5, 0.6) is 11.5 Å². The van der Waals surface area contributed by atoms with Gasteiger partial charge in [-0.05, 0) is 18.6 Å². The van der Waals surface area contributed by atoms with Crippen LogP contribution >= 0.6 is 15.9 Å². The maximum absolute atomic E-state index is 9.72. The first kappa shape index (κ1) is 10.9. The van der Waals surface area contributed by atoms with Crippen LogP contribution in [0.25, 0.3) is 0 Å². The zero-order valence-electron chi connectivity index (χ0n) is 7.97. The zero-order valence-corrected chi connectivity index (χ0v) is 9.55. The summed E-state index contributed by atoms with van der Waals surface area (Å²) < 4.78 is 5.75. The Morgan fingerprint density at radius 3 is 2.79 bits per heavy atom. The maximum atomic E-state index is 9.72. The molecule has 1 N–H and O–H groups in total. The van der Waals surface area contributed by atoms with Crippen molar-refractivity contribution in [1.29, 1.82) is 5.26 Å². The molecule has 0 spiro atoms. The lowest BCUT2D eigenvalue weighted by Crippen LogP contribution is -1.93. The van der Waals surface area contributed by atoms with E-state index in [9.17, 15) is 5.11 Å². The molecule has 0 heterocycles. The van der Waals surface area contributed by atoms with E-state index in [0.717, 1.165) is 10.0 Å². The Bertz CT molecular complexity index is 396. The van der Waals surface area contributed by atoms with Gasteiger partial charge < -0.3 is 9.84 Å². The van der Waals surface area contributed by atoms with Crippen LogP contribution in [0.15, 0.2) is 10.5 Å². The minimum absolute atomic E-state index is 0.0338. The summed E-state index contributed by atoms with van der Waals surface area (Å²) in [5.41, 5.74) is 1.51. The molecular formula is C10H10BrNO2. The van der Waals surface area contributed by atoms with Gasteiger partial charge in [-0.1, -0.05) is 15.9 Å². The number of nitrogens with zero attached hydrogens (tertiary/aromatic N) is 1. The number of phenolic OH excluding ortho intramolecular Hbond substituents is 1. The van der Waals surface area contributed by atoms with Crippen LogP contribution in [0.3, 0.4) is 0 Å². The van der Waals surface area contributed by atoms with Crippen LogP contribution < -0.4 is 4.74 Å². The van der Waals surface area contributed by atoms with Crippen molar-refractivity contribution in [2.45, 2.75) is 13.3 Å². The Morgan fingerprint density at radius 2 is 2.29 bits per heavy atom. The second-order valence-electron chi connectivity index (χ2n) is 2.87. The van der Waals surface area contributed by atoms with Gasteiger partial charge >= 0.3 is 0 Å². The number of rotatable bonds is 2. The first-order valence-corrected chi connectivity index (χ1v) is 4.83. The number of hydrogen-bond acceptors (Lipinski definition) is 3. The Labute approximate surface area is 91.1 Å². The van der Waals surface area contributed by atoms with E-state index in [1.165, 1.54) is 7.11 Å². The zero-order chi connectivity index (χ0) is 10.7. The van der Waals surface area contributed by atoms with E-state index in [1.807, 2.05) is 13.0 Å². The highest BCUT2D eigenvalue weighted by Gasteiger charge is 2.13. The van der Waals surface area contributed by atoms with Crippen LogP contribution in [0, 0.1) is 18.3 Å². The van der Waals surface area contributed by atoms with E-state index in [4.69, 9.17) is 10.00 Å². The summed E-state index contributed by atoms with van der Waals surface area (Å²) in [7, 11) is 1.48. The maximum Gasteiger partial charge on any atom is 0.163 e. The molecule has 0 saturated carbocycles. The number of ether oxygens (including phenoxy) is 1. The van der Waals surface area contributed by atoms with Gasteiger partial charge in [-0.15, -0.1) is 0 Å². The molecule has 0 saturated heterocycles. The third-order valence-corrected chi connectivity index (χ3v) is 3.06. The molecule has 0 aliphatic heterocycles. The van der Waals surface area contributed by atoms with Gasteiger partial charge in [0.1, 0.15) is 0 Å². The average Bonchev–Trinajstić information content (AvgIpc) is 2.18. The highest BCUT2D eigenvalue weighted by atomic mass is 79.9. The van der Waals surface area contributed by atoms with Crippen molar-refractivity contribution in [3.05, 3.63) is 21.7 Å². The van der Waals surface area contributed by atoms with E-state index in [1.54, 1.807) is 6.07 Å². The van der Waals surface area contributed by atoms with Crippen LogP contribution in [0.1, 0.15) is 11.1 Å². The third-order valence-electron chi connectivity index (χ3n) is 1.95. The fourth-order valence-corrected chi connectivity index (χ4v) is 1.66. The molecule has 0 amide bonds. The molecule has 0 aromatic heterocycles. The molecule has 1 aromatic rings. The van der Waals surface area contributed by atoms with Gasteiger partial charge in [0.2, 0.25) is 0 Å². The first-order chi connectivity index (χ1) is 6.61. The molecule has 3 nitrogen and oxygen atoms in total. The number of benzene rings is 1. The van der Waals surface area contributed by atoms with Gasteiger partial charge in [-0.3, -0.25) is 0 Å². The van der Waals surface area contributed by atoms with Crippen molar-refractivity contribution in [3.63, 3.8) is 0 Å². The highest BCUT2D eigenvalue weighted by Crippen LogP contribution is 2.37. The Morgan fingerprint density at radius 1 is 1.64 bits per heavy atom.